The monoisotopic (exact) mass is 301 g/mol. The number of rotatable bonds is 1. The van der Waals surface area contributed by atoms with Crippen molar-refractivity contribution in [3.8, 4) is 0 Å². The molecule has 1 aliphatic heterocycles. The minimum atomic E-state index is -0.579. The van der Waals surface area contributed by atoms with Crippen molar-refractivity contribution in [3.05, 3.63) is 29.6 Å². The second kappa shape index (κ2) is 4.48. The smallest absolute Gasteiger partial charge is 0.238 e. The van der Waals surface area contributed by atoms with Gasteiger partial charge in [-0.05, 0) is 43.4 Å². The van der Waals surface area contributed by atoms with Gasteiger partial charge >= 0.3 is 0 Å². The van der Waals surface area contributed by atoms with Crippen molar-refractivity contribution in [2.45, 2.75) is 26.2 Å². The molecule has 5 rings (SSSR count). The van der Waals surface area contributed by atoms with Crippen LogP contribution in [0.5, 0.6) is 0 Å². The number of halogens is 1. The molecule has 3 aliphatic carbocycles. The number of Topliss-reactive ketones (excluding diaryl/α,β-unsaturated/α-hetero) is 1. The molecule has 22 heavy (non-hydrogen) atoms. The van der Waals surface area contributed by atoms with E-state index < -0.39 is 23.6 Å². The average Bonchev–Trinajstić information content (AvgIpc) is 2.76. The summed E-state index contributed by atoms with van der Waals surface area (Å²) in [5.41, 5.74) is 0.808. The first-order valence-corrected chi connectivity index (χ1v) is 7.65. The van der Waals surface area contributed by atoms with Crippen molar-refractivity contribution in [1.82, 2.24) is 0 Å². The van der Waals surface area contributed by atoms with E-state index in [-0.39, 0.29) is 29.2 Å². The van der Waals surface area contributed by atoms with Crippen LogP contribution in [0.2, 0.25) is 0 Å². The van der Waals surface area contributed by atoms with Crippen molar-refractivity contribution in [1.29, 1.82) is 0 Å². The number of ketones is 1. The van der Waals surface area contributed by atoms with Crippen molar-refractivity contribution >= 4 is 23.3 Å². The predicted molar refractivity (Wildman–Crippen MR) is 76.4 cm³/mol. The maximum Gasteiger partial charge on any atom is 0.238 e. The van der Waals surface area contributed by atoms with Crippen LogP contribution in [0.4, 0.5) is 10.1 Å². The van der Waals surface area contributed by atoms with E-state index in [4.69, 9.17) is 0 Å². The molecular weight excluding hydrogens is 285 g/mol. The SMILES string of the molecule is Cc1ccc(F)c(N2C(=O)[C@H]3[C@@H]4CC[C@@H](C(=O)C4)[C@H]3C2=O)c1. The molecule has 0 radical (unpaired) electrons. The van der Waals surface area contributed by atoms with Crippen LogP contribution in [0.3, 0.4) is 0 Å². The summed E-state index contributed by atoms with van der Waals surface area (Å²) < 4.78 is 14.1. The van der Waals surface area contributed by atoms with Gasteiger partial charge in [-0.1, -0.05) is 6.07 Å². The largest absolute Gasteiger partial charge is 0.299 e. The lowest BCUT2D eigenvalue weighted by molar-refractivity contribution is -0.143. The Hall–Kier alpha value is -2.04. The lowest BCUT2D eigenvalue weighted by Gasteiger charge is -2.41. The first-order chi connectivity index (χ1) is 10.5. The summed E-state index contributed by atoms with van der Waals surface area (Å²) in [5, 5.41) is 0. The minimum Gasteiger partial charge on any atom is -0.299 e. The van der Waals surface area contributed by atoms with Crippen molar-refractivity contribution in [3.63, 3.8) is 0 Å². The zero-order valence-electron chi connectivity index (χ0n) is 12.2. The van der Waals surface area contributed by atoms with Crippen LogP contribution in [-0.2, 0) is 14.4 Å². The van der Waals surface area contributed by atoms with E-state index in [1.165, 1.54) is 12.1 Å². The Balaban J connectivity index is 1.80. The van der Waals surface area contributed by atoms with E-state index in [2.05, 4.69) is 0 Å². The molecule has 4 nitrogen and oxygen atoms in total. The number of benzene rings is 1. The number of hydrogen-bond acceptors (Lipinski definition) is 3. The molecule has 4 aliphatic rings. The van der Waals surface area contributed by atoms with Gasteiger partial charge in [-0.3, -0.25) is 14.4 Å². The Morgan fingerprint density at radius 2 is 1.82 bits per heavy atom. The van der Waals surface area contributed by atoms with E-state index in [0.29, 0.717) is 12.8 Å². The number of carbonyl (C=O) groups excluding carboxylic acids is 3. The van der Waals surface area contributed by atoms with E-state index in [0.717, 1.165) is 16.9 Å². The molecule has 1 aromatic rings. The molecule has 0 aromatic heterocycles. The molecule has 1 aromatic carbocycles. The first kappa shape index (κ1) is 13.6. The maximum absolute atomic E-state index is 14.1. The van der Waals surface area contributed by atoms with Crippen LogP contribution >= 0.6 is 0 Å². The average molecular weight is 301 g/mol. The summed E-state index contributed by atoms with van der Waals surface area (Å²) >= 11 is 0. The summed E-state index contributed by atoms with van der Waals surface area (Å²) in [4.78, 5) is 38.5. The Labute approximate surface area is 127 Å². The number of fused-ring (bicyclic) bond motifs is 2. The molecule has 0 unspecified atom stereocenters. The highest BCUT2D eigenvalue weighted by molar-refractivity contribution is 6.23. The highest BCUT2D eigenvalue weighted by Crippen LogP contribution is 2.52. The fraction of sp³-hybridized carbons (Fsp3) is 0.471. The van der Waals surface area contributed by atoms with Crippen LogP contribution in [0.1, 0.15) is 24.8 Å². The molecule has 5 heteroatoms. The second-order valence-electron chi connectivity index (χ2n) is 6.63. The van der Waals surface area contributed by atoms with E-state index in [9.17, 15) is 18.8 Å². The Kier molecular flexibility index (Phi) is 2.77. The molecule has 1 saturated heterocycles. The van der Waals surface area contributed by atoms with E-state index in [1.807, 2.05) is 0 Å². The molecule has 1 heterocycles. The number of hydrogen-bond donors (Lipinski definition) is 0. The van der Waals surface area contributed by atoms with Gasteiger partial charge in [0.2, 0.25) is 11.8 Å². The van der Waals surface area contributed by atoms with Gasteiger partial charge in [0.15, 0.2) is 0 Å². The summed E-state index contributed by atoms with van der Waals surface area (Å²) in [7, 11) is 0. The first-order valence-electron chi connectivity index (χ1n) is 7.65. The number of amides is 2. The molecule has 0 N–H and O–H groups in total. The molecule has 0 spiro atoms. The molecule has 3 saturated carbocycles. The summed E-state index contributed by atoms with van der Waals surface area (Å²) in [6.07, 6.45) is 1.86. The Morgan fingerprint density at radius 3 is 2.55 bits per heavy atom. The second-order valence-corrected chi connectivity index (χ2v) is 6.63. The molecular formula is C17H16FNO3. The normalized spacial score (nSPS) is 33.5. The molecule has 114 valence electrons. The highest BCUT2D eigenvalue weighted by Gasteiger charge is 2.61. The molecule has 4 atom stereocenters. The van der Waals surface area contributed by atoms with Crippen LogP contribution in [0.25, 0.3) is 0 Å². The van der Waals surface area contributed by atoms with Crippen molar-refractivity contribution in [2.75, 3.05) is 4.90 Å². The van der Waals surface area contributed by atoms with Crippen molar-refractivity contribution < 1.29 is 18.8 Å². The van der Waals surface area contributed by atoms with Gasteiger partial charge in [-0.15, -0.1) is 0 Å². The number of anilines is 1. The maximum atomic E-state index is 14.1. The van der Waals surface area contributed by atoms with Gasteiger partial charge < -0.3 is 0 Å². The third-order valence-electron chi connectivity index (χ3n) is 5.41. The third-order valence-corrected chi connectivity index (χ3v) is 5.41. The molecule has 4 fully saturated rings. The Bertz CT molecular complexity index is 714. The quantitative estimate of drug-likeness (QED) is 0.748. The standard InChI is InChI=1S/C17H16FNO3/c1-8-2-5-11(18)12(6-8)19-16(21)14-9-3-4-10(13(20)7-9)15(14)17(19)22/h2,5-6,9-10,14-15H,3-4,7H2,1H3/t9-,10+,14+,15-/m1/s1. The number of carbonyl (C=O) groups is 3. The summed E-state index contributed by atoms with van der Waals surface area (Å²) in [6.45, 7) is 1.79. The third kappa shape index (κ3) is 1.65. The van der Waals surface area contributed by atoms with Gasteiger partial charge in [0, 0.05) is 12.3 Å². The number of aryl methyl sites for hydroxylation is 1. The topological polar surface area (TPSA) is 54.5 Å². The fourth-order valence-corrected chi connectivity index (χ4v) is 4.42. The number of imide groups is 1. The van der Waals surface area contributed by atoms with Crippen molar-refractivity contribution in [2.24, 2.45) is 23.7 Å². The van der Waals surface area contributed by atoms with Gasteiger partial charge in [-0.25, -0.2) is 9.29 Å². The lowest BCUT2D eigenvalue weighted by atomic mass is 9.59. The highest BCUT2D eigenvalue weighted by atomic mass is 19.1. The zero-order chi connectivity index (χ0) is 15.6. The van der Waals surface area contributed by atoms with Gasteiger partial charge in [0.1, 0.15) is 11.6 Å². The van der Waals surface area contributed by atoms with E-state index >= 15 is 0 Å². The summed E-state index contributed by atoms with van der Waals surface area (Å²) in [5.74, 6) is -2.66. The van der Waals surface area contributed by atoms with E-state index in [1.54, 1.807) is 13.0 Å². The number of nitrogens with zero attached hydrogens (tertiary/aromatic N) is 1. The lowest BCUT2D eigenvalue weighted by Crippen LogP contribution is -2.46. The van der Waals surface area contributed by atoms with Crippen LogP contribution in [0.15, 0.2) is 18.2 Å². The fourth-order valence-electron chi connectivity index (χ4n) is 4.42. The molecule has 2 amide bonds. The predicted octanol–water partition coefficient (Wildman–Crippen LogP) is 2.24. The van der Waals surface area contributed by atoms with Crippen LogP contribution in [0, 0.1) is 36.4 Å². The van der Waals surface area contributed by atoms with Gasteiger partial charge in [-0.2, -0.15) is 0 Å². The Morgan fingerprint density at radius 1 is 1.09 bits per heavy atom. The zero-order valence-corrected chi connectivity index (χ0v) is 12.2. The van der Waals surface area contributed by atoms with Crippen LogP contribution in [-0.4, -0.2) is 17.6 Å². The van der Waals surface area contributed by atoms with Gasteiger partial charge in [0.25, 0.3) is 0 Å². The molecule has 2 bridgehead atoms. The minimum absolute atomic E-state index is 0.0243. The van der Waals surface area contributed by atoms with Gasteiger partial charge in [0.05, 0.1) is 17.5 Å². The van der Waals surface area contributed by atoms with Crippen LogP contribution < -0.4 is 4.90 Å². The summed E-state index contributed by atoms with van der Waals surface area (Å²) in [6, 6.07) is 4.39.